The van der Waals surface area contributed by atoms with Crippen molar-refractivity contribution in [1.29, 1.82) is 0 Å². The van der Waals surface area contributed by atoms with E-state index in [1.807, 2.05) is 24.3 Å². The second-order valence-corrected chi connectivity index (χ2v) is 5.44. The van der Waals surface area contributed by atoms with Crippen molar-refractivity contribution in [2.75, 3.05) is 24.6 Å². The Hall–Kier alpha value is -1.51. The van der Waals surface area contributed by atoms with Gasteiger partial charge >= 0.3 is 5.97 Å². The van der Waals surface area contributed by atoms with Gasteiger partial charge in [-0.3, -0.25) is 0 Å². The second-order valence-electron chi connectivity index (χ2n) is 5.44. The first-order chi connectivity index (χ1) is 9.81. The second kappa shape index (κ2) is 7.93. The summed E-state index contributed by atoms with van der Waals surface area (Å²) in [7, 11) is 0. The van der Waals surface area contributed by atoms with Crippen LogP contribution in [-0.2, 0) is 4.74 Å². The molecule has 1 heterocycles. The lowest BCUT2D eigenvalue weighted by Crippen LogP contribution is -2.23. The summed E-state index contributed by atoms with van der Waals surface area (Å²) in [5, 5.41) is 0. The van der Waals surface area contributed by atoms with Gasteiger partial charge in [0.25, 0.3) is 0 Å². The summed E-state index contributed by atoms with van der Waals surface area (Å²) in [5.74, 6) is -0.208. The fourth-order valence-electron chi connectivity index (χ4n) is 2.53. The SMILES string of the molecule is CCCCOC(=O)c1ccc(N2CCCCCC2)cc1. The lowest BCUT2D eigenvalue weighted by Gasteiger charge is -2.22. The first-order valence-electron chi connectivity index (χ1n) is 7.83. The summed E-state index contributed by atoms with van der Waals surface area (Å²) in [4.78, 5) is 14.2. The van der Waals surface area contributed by atoms with Crippen LogP contribution in [-0.4, -0.2) is 25.7 Å². The molecule has 0 aliphatic carbocycles. The summed E-state index contributed by atoms with van der Waals surface area (Å²) in [6, 6.07) is 7.85. The maximum absolute atomic E-state index is 11.8. The maximum atomic E-state index is 11.8. The van der Waals surface area contributed by atoms with Crippen molar-refractivity contribution in [3.05, 3.63) is 29.8 Å². The Morgan fingerprint density at radius 2 is 1.75 bits per heavy atom. The summed E-state index contributed by atoms with van der Waals surface area (Å²) in [5.41, 5.74) is 1.87. The molecular formula is C17H25NO2. The highest BCUT2D eigenvalue weighted by molar-refractivity contribution is 5.89. The zero-order valence-electron chi connectivity index (χ0n) is 12.4. The predicted molar refractivity (Wildman–Crippen MR) is 82.3 cm³/mol. The van der Waals surface area contributed by atoms with E-state index in [-0.39, 0.29) is 5.97 Å². The average molecular weight is 275 g/mol. The molecule has 0 saturated carbocycles. The van der Waals surface area contributed by atoms with Crippen molar-refractivity contribution >= 4 is 11.7 Å². The first kappa shape index (κ1) is 14.9. The number of hydrogen-bond donors (Lipinski definition) is 0. The van der Waals surface area contributed by atoms with Crippen LogP contribution in [0, 0.1) is 0 Å². The zero-order chi connectivity index (χ0) is 14.2. The first-order valence-corrected chi connectivity index (χ1v) is 7.83. The minimum Gasteiger partial charge on any atom is -0.462 e. The summed E-state index contributed by atoms with van der Waals surface area (Å²) >= 11 is 0. The fourth-order valence-corrected chi connectivity index (χ4v) is 2.53. The maximum Gasteiger partial charge on any atom is 0.338 e. The molecule has 0 N–H and O–H groups in total. The van der Waals surface area contributed by atoms with Crippen molar-refractivity contribution in [2.45, 2.75) is 45.4 Å². The minimum atomic E-state index is -0.208. The lowest BCUT2D eigenvalue weighted by atomic mass is 10.2. The third-order valence-corrected chi connectivity index (χ3v) is 3.81. The normalized spacial score (nSPS) is 15.8. The van der Waals surface area contributed by atoms with Gasteiger partial charge in [-0.05, 0) is 43.5 Å². The Labute approximate surface area is 121 Å². The number of carbonyl (C=O) groups excluding carboxylic acids is 1. The molecule has 20 heavy (non-hydrogen) atoms. The van der Waals surface area contributed by atoms with Crippen LogP contribution in [0.25, 0.3) is 0 Å². The molecule has 0 atom stereocenters. The van der Waals surface area contributed by atoms with Gasteiger partial charge in [0.05, 0.1) is 12.2 Å². The van der Waals surface area contributed by atoms with Crippen LogP contribution in [0.3, 0.4) is 0 Å². The number of ether oxygens (including phenoxy) is 1. The molecule has 0 bridgehead atoms. The molecular weight excluding hydrogens is 250 g/mol. The summed E-state index contributed by atoms with van der Waals surface area (Å²) in [6.45, 7) is 4.85. The number of esters is 1. The molecule has 1 aliphatic rings. The number of unbranched alkanes of at least 4 members (excludes halogenated alkanes) is 1. The molecule has 0 amide bonds. The molecule has 1 fully saturated rings. The van der Waals surface area contributed by atoms with E-state index < -0.39 is 0 Å². The Bertz CT molecular complexity index is 406. The van der Waals surface area contributed by atoms with Crippen LogP contribution in [0.5, 0.6) is 0 Å². The van der Waals surface area contributed by atoms with Gasteiger partial charge in [-0.25, -0.2) is 4.79 Å². The van der Waals surface area contributed by atoms with E-state index in [0.717, 1.165) is 25.9 Å². The van der Waals surface area contributed by atoms with Crippen molar-refractivity contribution in [3.8, 4) is 0 Å². The molecule has 110 valence electrons. The van der Waals surface area contributed by atoms with Crippen molar-refractivity contribution in [2.24, 2.45) is 0 Å². The zero-order valence-corrected chi connectivity index (χ0v) is 12.4. The molecule has 1 aromatic carbocycles. The van der Waals surface area contributed by atoms with Crippen LogP contribution < -0.4 is 4.90 Å². The van der Waals surface area contributed by atoms with E-state index >= 15 is 0 Å². The van der Waals surface area contributed by atoms with Crippen LogP contribution in [0.1, 0.15) is 55.8 Å². The number of benzene rings is 1. The molecule has 0 unspecified atom stereocenters. The lowest BCUT2D eigenvalue weighted by molar-refractivity contribution is 0.0500. The van der Waals surface area contributed by atoms with Gasteiger partial charge in [0.1, 0.15) is 0 Å². The van der Waals surface area contributed by atoms with Crippen molar-refractivity contribution < 1.29 is 9.53 Å². The molecule has 0 spiro atoms. The van der Waals surface area contributed by atoms with Gasteiger partial charge in [-0.1, -0.05) is 26.2 Å². The largest absolute Gasteiger partial charge is 0.462 e. The monoisotopic (exact) mass is 275 g/mol. The molecule has 1 saturated heterocycles. The average Bonchev–Trinajstić information content (AvgIpc) is 2.77. The Morgan fingerprint density at radius 1 is 1.10 bits per heavy atom. The highest BCUT2D eigenvalue weighted by atomic mass is 16.5. The highest BCUT2D eigenvalue weighted by Gasteiger charge is 2.11. The molecule has 2 rings (SSSR count). The topological polar surface area (TPSA) is 29.5 Å². The Balaban J connectivity index is 1.93. The van der Waals surface area contributed by atoms with Crippen LogP contribution in [0.2, 0.25) is 0 Å². The third kappa shape index (κ3) is 4.26. The van der Waals surface area contributed by atoms with Gasteiger partial charge in [-0.2, -0.15) is 0 Å². The van der Waals surface area contributed by atoms with Gasteiger partial charge in [0.15, 0.2) is 0 Å². The summed E-state index contributed by atoms with van der Waals surface area (Å²) < 4.78 is 5.22. The van der Waals surface area contributed by atoms with E-state index in [1.54, 1.807) is 0 Å². The third-order valence-electron chi connectivity index (χ3n) is 3.81. The van der Waals surface area contributed by atoms with E-state index in [0.29, 0.717) is 12.2 Å². The molecule has 3 heteroatoms. The van der Waals surface area contributed by atoms with E-state index in [1.165, 1.54) is 31.4 Å². The van der Waals surface area contributed by atoms with E-state index in [2.05, 4.69) is 11.8 Å². The van der Waals surface area contributed by atoms with Gasteiger partial charge in [0, 0.05) is 18.8 Å². The van der Waals surface area contributed by atoms with E-state index in [9.17, 15) is 4.79 Å². The van der Waals surface area contributed by atoms with Gasteiger partial charge in [-0.15, -0.1) is 0 Å². The van der Waals surface area contributed by atoms with Crippen molar-refractivity contribution in [3.63, 3.8) is 0 Å². The Kier molecular flexibility index (Phi) is 5.90. The summed E-state index contributed by atoms with van der Waals surface area (Å²) in [6.07, 6.45) is 7.16. The molecule has 0 aromatic heterocycles. The smallest absolute Gasteiger partial charge is 0.338 e. The highest BCUT2D eigenvalue weighted by Crippen LogP contribution is 2.20. The van der Waals surface area contributed by atoms with Crippen LogP contribution in [0.4, 0.5) is 5.69 Å². The predicted octanol–water partition coefficient (Wildman–Crippen LogP) is 4.02. The minimum absolute atomic E-state index is 0.208. The quantitative estimate of drug-likeness (QED) is 0.600. The molecule has 1 aromatic rings. The number of nitrogens with zero attached hydrogens (tertiary/aromatic N) is 1. The van der Waals surface area contributed by atoms with Gasteiger partial charge in [0.2, 0.25) is 0 Å². The number of hydrogen-bond acceptors (Lipinski definition) is 3. The van der Waals surface area contributed by atoms with E-state index in [4.69, 9.17) is 4.74 Å². The van der Waals surface area contributed by atoms with Crippen molar-refractivity contribution in [1.82, 2.24) is 0 Å². The van der Waals surface area contributed by atoms with Crippen LogP contribution in [0.15, 0.2) is 24.3 Å². The molecule has 3 nitrogen and oxygen atoms in total. The molecule has 1 aliphatic heterocycles. The van der Waals surface area contributed by atoms with Crippen LogP contribution >= 0.6 is 0 Å². The Morgan fingerprint density at radius 3 is 2.35 bits per heavy atom. The number of anilines is 1. The fraction of sp³-hybridized carbons (Fsp3) is 0.588. The number of rotatable bonds is 5. The number of carbonyl (C=O) groups is 1. The standard InChI is InChI=1S/C17H25NO2/c1-2-3-14-20-17(19)15-8-10-16(11-9-15)18-12-6-4-5-7-13-18/h8-11H,2-7,12-14H2,1H3. The van der Waals surface area contributed by atoms with Gasteiger partial charge < -0.3 is 9.64 Å². The molecule has 0 radical (unpaired) electrons.